The van der Waals surface area contributed by atoms with Gasteiger partial charge in [0.25, 0.3) is 5.85 Å². The Labute approximate surface area is 62.8 Å². The summed E-state index contributed by atoms with van der Waals surface area (Å²) in [5.41, 5.74) is 0. The van der Waals surface area contributed by atoms with E-state index >= 15 is 0 Å². The van der Waals surface area contributed by atoms with E-state index in [1.165, 1.54) is 0 Å². The maximum Gasteiger partial charge on any atom is 0.270 e. The third-order valence-electron chi connectivity index (χ3n) is 1.54. The van der Waals surface area contributed by atoms with Gasteiger partial charge in [0.05, 0.1) is 0 Å². The van der Waals surface area contributed by atoms with E-state index in [2.05, 4.69) is 4.74 Å². The summed E-state index contributed by atoms with van der Waals surface area (Å²) in [7, 11) is 1.11. The van der Waals surface area contributed by atoms with Crippen LogP contribution in [0.2, 0.25) is 0 Å². The zero-order valence-corrected chi connectivity index (χ0v) is 5.97. The summed E-state index contributed by atoms with van der Waals surface area (Å²) in [6, 6.07) is 0. The van der Waals surface area contributed by atoms with E-state index in [1.54, 1.807) is 0 Å². The molecule has 0 aromatic rings. The Morgan fingerprint density at radius 1 is 1.73 bits per heavy atom. The first-order valence-electron chi connectivity index (χ1n) is 3.09. The predicted molar refractivity (Wildman–Crippen MR) is 35.4 cm³/mol. The van der Waals surface area contributed by atoms with Gasteiger partial charge in [-0.15, -0.1) is 0 Å². The highest BCUT2D eigenvalue weighted by Gasteiger charge is 2.36. The molecule has 0 saturated heterocycles. The fourth-order valence-electron chi connectivity index (χ4n) is 0.819. The Bertz CT molecular complexity index is 222. The van der Waals surface area contributed by atoms with Crippen molar-refractivity contribution in [2.24, 2.45) is 0 Å². The van der Waals surface area contributed by atoms with E-state index in [9.17, 15) is 8.78 Å². The van der Waals surface area contributed by atoms with Gasteiger partial charge in [0.15, 0.2) is 5.76 Å². The minimum absolute atomic E-state index is 0.294. The van der Waals surface area contributed by atoms with Crippen molar-refractivity contribution in [3.8, 4) is 0 Å². The molecule has 0 aromatic carbocycles. The van der Waals surface area contributed by atoms with Crippen molar-refractivity contribution in [2.75, 3.05) is 7.11 Å². The molecule has 4 heteroatoms. The number of aliphatic hydroxyl groups is 1. The number of alkyl halides is 1. The highest BCUT2D eigenvalue weighted by Crippen LogP contribution is 2.31. The van der Waals surface area contributed by atoms with E-state index in [4.69, 9.17) is 5.11 Å². The van der Waals surface area contributed by atoms with E-state index in [0.29, 0.717) is 6.08 Å². The molecule has 62 valence electrons. The van der Waals surface area contributed by atoms with E-state index in [-0.39, 0.29) is 6.42 Å². The van der Waals surface area contributed by atoms with E-state index in [1.807, 2.05) is 0 Å². The zero-order valence-electron chi connectivity index (χ0n) is 5.97. The number of ether oxygens (including phenoxy) is 1. The van der Waals surface area contributed by atoms with Gasteiger partial charge in [-0.3, -0.25) is 0 Å². The van der Waals surface area contributed by atoms with Crippen LogP contribution in [-0.4, -0.2) is 18.1 Å². The SMILES string of the molecule is COC1(F)CC=C(F)C=C1O. The molecular formula is C7H8F2O2. The normalized spacial score (nSPS) is 31.2. The van der Waals surface area contributed by atoms with Crippen molar-refractivity contribution in [1.82, 2.24) is 0 Å². The monoisotopic (exact) mass is 162 g/mol. The van der Waals surface area contributed by atoms with Gasteiger partial charge in [-0.25, -0.2) is 8.78 Å². The third kappa shape index (κ3) is 1.40. The highest BCUT2D eigenvalue weighted by molar-refractivity contribution is 5.24. The summed E-state index contributed by atoms with van der Waals surface area (Å²) < 4.78 is 29.8. The van der Waals surface area contributed by atoms with Crippen LogP contribution >= 0.6 is 0 Å². The second-order valence-corrected chi connectivity index (χ2v) is 2.26. The summed E-state index contributed by atoms with van der Waals surface area (Å²) >= 11 is 0. The minimum Gasteiger partial charge on any atom is -0.506 e. The van der Waals surface area contributed by atoms with Crippen molar-refractivity contribution in [2.45, 2.75) is 12.3 Å². The summed E-state index contributed by atoms with van der Waals surface area (Å²) in [6.45, 7) is 0. The Kier molecular flexibility index (Phi) is 1.95. The van der Waals surface area contributed by atoms with Crippen LogP contribution in [0.15, 0.2) is 23.7 Å². The number of allylic oxidation sites excluding steroid dienone is 2. The van der Waals surface area contributed by atoms with Crippen LogP contribution in [0.3, 0.4) is 0 Å². The zero-order chi connectivity index (χ0) is 8.48. The molecule has 0 saturated carbocycles. The molecule has 1 aliphatic rings. The molecule has 1 unspecified atom stereocenters. The lowest BCUT2D eigenvalue weighted by Gasteiger charge is -2.23. The summed E-state index contributed by atoms with van der Waals surface area (Å²) in [5.74, 6) is -3.61. The van der Waals surface area contributed by atoms with Crippen molar-refractivity contribution in [3.05, 3.63) is 23.7 Å². The molecule has 1 atom stereocenters. The Morgan fingerprint density at radius 2 is 2.36 bits per heavy atom. The molecular weight excluding hydrogens is 154 g/mol. The number of hydrogen-bond donors (Lipinski definition) is 1. The van der Waals surface area contributed by atoms with Crippen LogP contribution < -0.4 is 0 Å². The van der Waals surface area contributed by atoms with Crippen LogP contribution in [0.1, 0.15) is 6.42 Å². The fraction of sp³-hybridized carbons (Fsp3) is 0.429. The van der Waals surface area contributed by atoms with E-state index in [0.717, 1.165) is 13.2 Å². The first kappa shape index (κ1) is 8.20. The van der Waals surface area contributed by atoms with Crippen molar-refractivity contribution >= 4 is 0 Å². The lowest BCUT2D eigenvalue weighted by atomic mass is 10.1. The number of aliphatic hydroxyl groups excluding tert-OH is 1. The molecule has 0 radical (unpaired) electrons. The van der Waals surface area contributed by atoms with Gasteiger partial charge in [-0.1, -0.05) is 0 Å². The van der Waals surface area contributed by atoms with Crippen molar-refractivity contribution in [1.29, 1.82) is 0 Å². The number of hydrogen-bond acceptors (Lipinski definition) is 2. The average Bonchev–Trinajstić information content (AvgIpc) is 1.98. The molecule has 2 nitrogen and oxygen atoms in total. The molecule has 1 aliphatic carbocycles. The molecule has 0 heterocycles. The lowest BCUT2D eigenvalue weighted by Crippen LogP contribution is -2.29. The van der Waals surface area contributed by atoms with Crippen LogP contribution in [-0.2, 0) is 4.74 Å². The van der Waals surface area contributed by atoms with Gasteiger partial charge in [0, 0.05) is 19.6 Å². The van der Waals surface area contributed by atoms with Gasteiger partial charge in [-0.2, -0.15) is 0 Å². The third-order valence-corrected chi connectivity index (χ3v) is 1.54. The van der Waals surface area contributed by atoms with Gasteiger partial charge in [0.1, 0.15) is 5.83 Å². The predicted octanol–water partition coefficient (Wildman–Crippen LogP) is 2.00. The van der Waals surface area contributed by atoms with Crippen LogP contribution in [0.25, 0.3) is 0 Å². The minimum atomic E-state index is -2.24. The lowest BCUT2D eigenvalue weighted by molar-refractivity contribution is -0.113. The van der Waals surface area contributed by atoms with Crippen LogP contribution in [0.5, 0.6) is 0 Å². The molecule has 11 heavy (non-hydrogen) atoms. The van der Waals surface area contributed by atoms with Gasteiger partial charge < -0.3 is 9.84 Å². The molecule has 0 fully saturated rings. The fourth-order valence-corrected chi connectivity index (χ4v) is 0.819. The average molecular weight is 162 g/mol. The van der Waals surface area contributed by atoms with E-state index < -0.39 is 17.4 Å². The second-order valence-electron chi connectivity index (χ2n) is 2.26. The largest absolute Gasteiger partial charge is 0.506 e. The first-order chi connectivity index (χ1) is 5.08. The molecule has 0 aliphatic heterocycles. The second kappa shape index (κ2) is 2.62. The molecule has 0 aromatic heterocycles. The Morgan fingerprint density at radius 3 is 2.82 bits per heavy atom. The maximum atomic E-state index is 13.1. The summed E-state index contributed by atoms with van der Waals surface area (Å²) in [5, 5.41) is 8.88. The van der Waals surface area contributed by atoms with Gasteiger partial charge in [0.2, 0.25) is 0 Å². The summed E-state index contributed by atoms with van der Waals surface area (Å²) in [4.78, 5) is 0. The van der Waals surface area contributed by atoms with Gasteiger partial charge >= 0.3 is 0 Å². The number of halogens is 2. The molecule has 0 spiro atoms. The first-order valence-corrected chi connectivity index (χ1v) is 3.09. The molecule has 1 N–H and O–H groups in total. The number of methoxy groups -OCH3 is 1. The maximum absolute atomic E-state index is 13.1. The molecule has 1 rings (SSSR count). The van der Waals surface area contributed by atoms with Crippen molar-refractivity contribution < 1.29 is 18.6 Å². The molecule has 0 amide bonds. The standard InChI is InChI=1S/C7H8F2O2/c1-11-7(9)3-2-5(8)4-6(7)10/h2,4,10H,3H2,1H3. The summed E-state index contributed by atoms with van der Waals surface area (Å²) in [6.07, 6.45) is 1.42. The van der Waals surface area contributed by atoms with Crippen LogP contribution in [0, 0.1) is 0 Å². The molecule has 0 bridgehead atoms. The Hall–Kier alpha value is -0.900. The Balaban J connectivity index is 2.87. The number of rotatable bonds is 1. The van der Waals surface area contributed by atoms with Gasteiger partial charge in [-0.05, 0) is 6.08 Å². The van der Waals surface area contributed by atoms with Crippen molar-refractivity contribution in [3.63, 3.8) is 0 Å². The quantitative estimate of drug-likeness (QED) is 0.638. The van der Waals surface area contributed by atoms with Crippen LogP contribution in [0.4, 0.5) is 8.78 Å². The topological polar surface area (TPSA) is 29.5 Å². The smallest absolute Gasteiger partial charge is 0.270 e. The highest BCUT2D eigenvalue weighted by atomic mass is 19.2.